The summed E-state index contributed by atoms with van der Waals surface area (Å²) in [6.45, 7) is 7.60. The van der Waals surface area contributed by atoms with Crippen molar-refractivity contribution in [2.75, 3.05) is 6.54 Å². The molecule has 3 aromatic rings. The summed E-state index contributed by atoms with van der Waals surface area (Å²) in [4.78, 5) is 2.64. The molecule has 0 N–H and O–H groups in total. The molecular formula is C23H26N2. The fourth-order valence-electron chi connectivity index (χ4n) is 3.95. The summed E-state index contributed by atoms with van der Waals surface area (Å²) in [5, 5.41) is 0. The minimum absolute atomic E-state index is 0.317. The minimum atomic E-state index is 0.317. The van der Waals surface area contributed by atoms with Gasteiger partial charge in [-0.05, 0) is 49.1 Å². The fourth-order valence-corrected chi connectivity index (χ4v) is 3.95. The molecule has 2 nitrogen and oxygen atoms in total. The van der Waals surface area contributed by atoms with Crippen molar-refractivity contribution in [2.45, 2.75) is 39.4 Å². The van der Waals surface area contributed by atoms with Crippen molar-refractivity contribution < 1.29 is 0 Å². The first-order valence-electron chi connectivity index (χ1n) is 9.22. The molecule has 0 fully saturated rings. The molecular weight excluding hydrogens is 304 g/mol. The largest absolute Gasteiger partial charge is 0.350 e. The van der Waals surface area contributed by atoms with Crippen LogP contribution >= 0.6 is 0 Å². The van der Waals surface area contributed by atoms with Gasteiger partial charge < -0.3 is 4.57 Å². The average molecular weight is 330 g/mol. The molecule has 2 aromatic carbocycles. The van der Waals surface area contributed by atoms with E-state index < -0.39 is 0 Å². The Morgan fingerprint density at radius 3 is 2.48 bits per heavy atom. The van der Waals surface area contributed by atoms with Crippen molar-refractivity contribution in [3.05, 3.63) is 94.8 Å². The average Bonchev–Trinajstić information content (AvgIpc) is 3.00. The van der Waals surface area contributed by atoms with Crippen molar-refractivity contribution in [2.24, 2.45) is 0 Å². The summed E-state index contributed by atoms with van der Waals surface area (Å²) in [7, 11) is 0. The lowest BCUT2D eigenvalue weighted by atomic mass is 9.99. The highest BCUT2D eigenvalue weighted by atomic mass is 15.2. The van der Waals surface area contributed by atoms with Gasteiger partial charge in [0.05, 0.1) is 6.04 Å². The molecule has 2 heterocycles. The molecule has 1 aromatic heterocycles. The van der Waals surface area contributed by atoms with Crippen LogP contribution in [0.3, 0.4) is 0 Å². The lowest BCUT2D eigenvalue weighted by molar-refractivity contribution is 0.220. The maximum atomic E-state index is 2.64. The molecule has 0 radical (unpaired) electrons. The molecule has 1 aliphatic heterocycles. The summed E-state index contributed by atoms with van der Waals surface area (Å²) in [5.41, 5.74) is 6.93. The third-order valence-corrected chi connectivity index (χ3v) is 5.38. The molecule has 1 atom stereocenters. The van der Waals surface area contributed by atoms with Crippen LogP contribution in [-0.2, 0) is 13.1 Å². The van der Waals surface area contributed by atoms with Gasteiger partial charge in [-0.15, -0.1) is 0 Å². The van der Waals surface area contributed by atoms with Gasteiger partial charge in [-0.1, -0.05) is 54.1 Å². The Morgan fingerprint density at radius 2 is 1.68 bits per heavy atom. The second kappa shape index (κ2) is 6.89. The zero-order valence-corrected chi connectivity index (χ0v) is 15.2. The van der Waals surface area contributed by atoms with E-state index in [0.29, 0.717) is 6.04 Å². The van der Waals surface area contributed by atoms with E-state index in [1.165, 1.54) is 34.4 Å². The van der Waals surface area contributed by atoms with Gasteiger partial charge in [0, 0.05) is 31.5 Å². The van der Waals surface area contributed by atoms with E-state index in [1.807, 2.05) is 0 Å². The van der Waals surface area contributed by atoms with Crippen LogP contribution < -0.4 is 0 Å². The van der Waals surface area contributed by atoms with Crippen LogP contribution in [0.1, 0.15) is 40.4 Å². The van der Waals surface area contributed by atoms with Crippen LogP contribution in [0.4, 0.5) is 0 Å². The number of aromatic nitrogens is 1. The first-order valence-corrected chi connectivity index (χ1v) is 9.22. The van der Waals surface area contributed by atoms with Crippen LogP contribution in [0.5, 0.6) is 0 Å². The number of hydrogen-bond donors (Lipinski definition) is 0. The SMILES string of the molecule is Cc1ccc([C@H]2c3cccn3CCCN2Cc2ccccc2C)cc1. The highest BCUT2D eigenvalue weighted by Gasteiger charge is 2.27. The van der Waals surface area contributed by atoms with Crippen molar-refractivity contribution in [3.63, 3.8) is 0 Å². The molecule has 2 heteroatoms. The summed E-state index contributed by atoms with van der Waals surface area (Å²) in [5.74, 6) is 0. The van der Waals surface area contributed by atoms with Crippen molar-refractivity contribution in [1.29, 1.82) is 0 Å². The molecule has 0 saturated heterocycles. The summed E-state index contributed by atoms with van der Waals surface area (Å²) >= 11 is 0. The highest BCUT2D eigenvalue weighted by Crippen LogP contribution is 2.33. The van der Waals surface area contributed by atoms with E-state index in [4.69, 9.17) is 0 Å². The van der Waals surface area contributed by atoms with Crippen molar-refractivity contribution in [1.82, 2.24) is 9.47 Å². The molecule has 0 aliphatic carbocycles. The topological polar surface area (TPSA) is 8.17 Å². The molecule has 1 aliphatic rings. The Hall–Kier alpha value is -2.32. The number of rotatable bonds is 3. The molecule has 4 rings (SSSR count). The number of aryl methyl sites for hydroxylation is 3. The molecule has 128 valence electrons. The van der Waals surface area contributed by atoms with E-state index in [-0.39, 0.29) is 0 Å². The molecule has 0 bridgehead atoms. The summed E-state index contributed by atoms with van der Waals surface area (Å²) in [6, 6.07) is 22.6. The van der Waals surface area contributed by atoms with Gasteiger partial charge in [-0.25, -0.2) is 0 Å². The first-order chi connectivity index (χ1) is 12.2. The van der Waals surface area contributed by atoms with Crippen LogP contribution in [0.25, 0.3) is 0 Å². The molecule has 0 amide bonds. The number of nitrogens with zero attached hydrogens (tertiary/aromatic N) is 2. The third-order valence-electron chi connectivity index (χ3n) is 5.38. The van der Waals surface area contributed by atoms with E-state index >= 15 is 0 Å². The Morgan fingerprint density at radius 1 is 0.880 bits per heavy atom. The predicted octanol–water partition coefficient (Wildman–Crippen LogP) is 5.10. The molecule has 0 spiro atoms. The van der Waals surface area contributed by atoms with Crippen molar-refractivity contribution >= 4 is 0 Å². The van der Waals surface area contributed by atoms with Crippen LogP contribution in [0.15, 0.2) is 66.9 Å². The Labute approximate surface area is 150 Å². The molecule has 25 heavy (non-hydrogen) atoms. The second-order valence-electron chi connectivity index (χ2n) is 7.19. The Balaban J connectivity index is 1.75. The Kier molecular flexibility index (Phi) is 4.46. The lowest BCUT2D eigenvalue weighted by Gasteiger charge is -2.31. The third kappa shape index (κ3) is 3.27. The molecule has 0 saturated carbocycles. The van der Waals surface area contributed by atoms with Gasteiger partial charge in [0.2, 0.25) is 0 Å². The number of fused-ring (bicyclic) bond motifs is 1. The first kappa shape index (κ1) is 16.2. The number of hydrogen-bond acceptors (Lipinski definition) is 1. The van der Waals surface area contributed by atoms with Gasteiger partial charge in [0.15, 0.2) is 0 Å². The van der Waals surface area contributed by atoms with E-state index in [9.17, 15) is 0 Å². The molecule has 0 unspecified atom stereocenters. The standard InChI is InChI=1S/C23H26N2/c1-18-10-12-20(13-11-18)23-22-9-5-14-24(22)15-6-16-25(23)17-21-8-4-3-7-19(21)2/h3-5,7-14,23H,6,15-17H2,1-2H3/t23-/m0/s1. The summed E-state index contributed by atoms with van der Waals surface area (Å²) in [6.07, 6.45) is 3.42. The van der Waals surface area contributed by atoms with Crippen LogP contribution in [0.2, 0.25) is 0 Å². The monoisotopic (exact) mass is 330 g/mol. The van der Waals surface area contributed by atoms with Crippen LogP contribution in [0, 0.1) is 13.8 Å². The van der Waals surface area contributed by atoms with Gasteiger partial charge >= 0.3 is 0 Å². The van der Waals surface area contributed by atoms with E-state index in [1.54, 1.807) is 0 Å². The van der Waals surface area contributed by atoms with Crippen LogP contribution in [-0.4, -0.2) is 16.0 Å². The zero-order valence-electron chi connectivity index (χ0n) is 15.2. The normalized spacial score (nSPS) is 17.9. The van der Waals surface area contributed by atoms with E-state index in [0.717, 1.165) is 19.6 Å². The van der Waals surface area contributed by atoms with Gasteiger partial charge in [0.25, 0.3) is 0 Å². The van der Waals surface area contributed by atoms with Gasteiger partial charge in [-0.3, -0.25) is 4.90 Å². The van der Waals surface area contributed by atoms with Gasteiger partial charge in [-0.2, -0.15) is 0 Å². The highest BCUT2D eigenvalue weighted by molar-refractivity contribution is 5.33. The predicted molar refractivity (Wildman–Crippen MR) is 104 cm³/mol. The summed E-state index contributed by atoms with van der Waals surface area (Å²) < 4.78 is 2.43. The second-order valence-corrected chi connectivity index (χ2v) is 7.19. The fraction of sp³-hybridized carbons (Fsp3) is 0.304. The van der Waals surface area contributed by atoms with E-state index in [2.05, 4.69) is 90.2 Å². The smallest absolute Gasteiger partial charge is 0.0759 e. The Bertz CT molecular complexity index is 845. The number of benzene rings is 2. The quantitative estimate of drug-likeness (QED) is 0.648. The maximum absolute atomic E-state index is 2.64. The minimum Gasteiger partial charge on any atom is -0.350 e. The van der Waals surface area contributed by atoms with Crippen molar-refractivity contribution in [3.8, 4) is 0 Å². The maximum Gasteiger partial charge on any atom is 0.0759 e. The lowest BCUT2D eigenvalue weighted by Crippen LogP contribution is -2.29. The zero-order chi connectivity index (χ0) is 17.2. The van der Waals surface area contributed by atoms with Gasteiger partial charge in [0.1, 0.15) is 0 Å².